The van der Waals surface area contributed by atoms with Crippen LogP contribution in [0.5, 0.6) is 0 Å². The highest BCUT2D eigenvalue weighted by molar-refractivity contribution is 5.96. The highest BCUT2D eigenvalue weighted by atomic mass is 16.2. The van der Waals surface area contributed by atoms with E-state index in [0.29, 0.717) is 19.6 Å². The predicted molar refractivity (Wildman–Crippen MR) is 101 cm³/mol. The summed E-state index contributed by atoms with van der Waals surface area (Å²) in [6.45, 7) is 4.18. The normalized spacial score (nSPS) is 26.2. The fraction of sp³-hybridized carbons (Fsp3) is 0.600. The number of rotatable bonds is 3. The molecule has 1 saturated carbocycles. The number of nitrogens with two attached hydrogens (primary N) is 1. The number of piperazine rings is 1. The molecular formula is C20H28N4O2. The molecule has 1 aliphatic carbocycles. The van der Waals surface area contributed by atoms with Crippen molar-refractivity contribution in [2.24, 2.45) is 11.7 Å². The molecule has 0 radical (unpaired) electrons. The van der Waals surface area contributed by atoms with Gasteiger partial charge in [-0.2, -0.15) is 0 Å². The molecule has 2 aliphatic heterocycles. The molecule has 0 aromatic heterocycles. The quantitative estimate of drug-likeness (QED) is 0.872. The van der Waals surface area contributed by atoms with Gasteiger partial charge in [-0.15, -0.1) is 0 Å². The van der Waals surface area contributed by atoms with Crippen molar-refractivity contribution in [1.29, 1.82) is 0 Å². The number of benzene rings is 1. The Bertz CT molecular complexity index is 684. The van der Waals surface area contributed by atoms with Crippen molar-refractivity contribution >= 4 is 17.5 Å². The third kappa shape index (κ3) is 3.48. The number of hydrogen-bond acceptors (Lipinski definition) is 4. The van der Waals surface area contributed by atoms with Gasteiger partial charge >= 0.3 is 0 Å². The Balaban J connectivity index is 1.28. The lowest BCUT2D eigenvalue weighted by atomic mass is 10.1. The molecular weight excluding hydrogens is 328 g/mol. The molecule has 6 nitrogen and oxygen atoms in total. The van der Waals surface area contributed by atoms with Crippen molar-refractivity contribution in [2.75, 3.05) is 44.2 Å². The maximum absolute atomic E-state index is 12.7. The average molecular weight is 356 g/mol. The first-order valence-electron chi connectivity index (χ1n) is 9.77. The van der Waals surface area contributed by atoms with Gasteiger partial charge in [0.2, 0.25) is 11.8 Å². The maximum Gasteiger partial charge on any atom is 0.241 e. The third-order valence-electron chi connectivity index (χ3n) is 6.05. The number of anilines is 1. The Kier molecular flexibility index (Phi) is 4.96. The zero-order valence-corrected chi connectivity index (χ0v) is 15.3. The largest absolute Gasteiger partial charge is 0.340 e. The van der Waals surface area contributed by atoms with Gasteiger partial charge in [0.1, 0.15) is 0 Å². The Labute approximate surface area is 154 Å². The van der Waals surface area contributed by atoms with Crippen molar-refractivity contribution in [3.05, 3.63) is 29.8 Å². The van der Waals surface area contributed by atoms with Crippen LogP contribution in [0.4, 0.5) is 5.69 Å². The number of carbonyl (C=O) groups is 2. The summed E-state index contributed by atoms with van der Waals surface area (Å²) in [5, 5.41) is 0. The topological polar surface area (TPSA) is 69.9 Å². The van der Waals surface area contributed by atoms with Crippen LogP contribution in [0.2, 0.25) is 0 Å². The van der Waals surface area contributed by atoms with Gasteiger partial charge in [0, 0.05) is 50.4 Å². The van der Waals surface area contributed by atoms with E-state index in [4.69, 9.17) is 5.73 Å². The van der Waals surface area contributed by atoms with Crippen LogP contribution in [0.3, 0.4) is 0 Å². The van der Waals surface area contributed by atoms with Crippen molar-refractivity contribution in [3.8, 4) is 0 Å². The second-order valence-electron chi connectivity index (χ2n) is 7.80. The number of para-hydroxylation sites is 1. The number of nitrogens with zero attached hydrogens (tertiary/aromatic N) is 3. The van der Waals surface area contributed by atoms with Gasteiger partial charge in [0.15, 0.2) is 0 Å². The molecule has 2 amide bonds. The van der Waals surface area contributed by atoms with E-state index < -0.39 is 0 Å². The fourth-order valence-electron chi connectivity index (χ4n) is 4.50. The van der Waals surface area contributed by atoms with Gasteiger partial charge < -0.3 is 15.5 Å². The van der Waals surface area contributed by atoms with Gasteiger partial charge in [0.05, 0.1) is 6.54 Å². The second kappa shape index (κ2) is 7.37. The van der Waals surface area contributed by atoms with E-state index in [1.807, 2.05) is 28.0 Å². The van der Waals surface area contributed by atoms with Gasteiger partial charge in [0.25, 0.3) is 0 Å². The minimum Gasteiger partial charge on any atom is -0.340 e. The minimum absolute atomic E-state index is 0.110. The number of hydrogen-bond donors (Lipinski definition) is 1. The van der Waals surface area contributed by atoms with Crippen LogP contribution in [-0.2, 0) is 16.0 Å². The summed E-state index contributed by atoms with van der Waals surface area (Å²) < 4.78 is 0. The molecule has 4 rings (SSSR count). The Hall–Kier alpha value is -1.92. The van der Waals surface area contributed by atoms with Gasteiger partial charge in [-0.25, -0.2) is 0 Å². The van der Waals surface area contributed by atoms with Gasteiger partial charge in [-0.3, -0.25) is 14.5 Å². The van der Waals surface area contributed by atoms with Crippen LogP contribution in [0, 0.1) is 5.92 Å². The molecule has 140 valence electrons. The van der Waals surface area contributed by atoms with Crippen molar-refractivity contribution in [3.63, 3.8) is 0 Å². The molecule has 6 heteroatoms. The van der Waals surface area contributed by atoms with Crippen molar-refractivity contribution in [2.45, 2.75) is 31.7 Å². The monoisotopic (exact) mass is 356 g/mol. The molecule has 0 spiro atoms. The van der Waals surface area contributed by atoms with E-state index in [2.05, 4.69) is 11.0 Å². The second-order valence-corrected chi connectivity index (χ2v) is 7.80. The van der Waals surface area contributed by atoms with Crippen LogP contribution in [0.1, 0.15) is 24.8 Å². The first-order chi connectivity index (χ1) is 12.6. The molecule has 1 aromatic carbocycles. The van der Waals surface area contributed by atoms with Crippen molar-refractivity contribution in [1.82, 2.24) is 9.80 Å². The van der Waals surface area contributed by atoms with E-state index in [1.54, 1.807) is 0 Å². The van der Waals surface area contributed by atoms with Crippen LogP contribution >= 0.6 is 0 Å². The van der Waals surface area contributed by atoms with E-state index in [9.17, 15) is 9.59 Å². The summed E-state index contributed by atoms with van der Waals surface area (Å²) in [5.41, 5.74) is 8.26. The lowest BCUT2D eigenvalue weighted by Gasteiger charge is -2.36. The van der Waals surface area contributed by atoms with Crippen LogP contribution in [-0.4, -0.2) is 66.9 Å². The molecule has 3 aliphatic rings. The van der Waals surface area contributed by atoms with E-state index in [-0.39, 0.29) is 23.8 Å². The standard InChI is InChI=1S/C20H28N4O2/c21-17-6-5-16(13-17)20(26)23-11-9-22(10-12-23)14-19(25)24-8-7-15-3-1-2-4-18(15)24/h1-4,16-17H,5-14,21H2. The number of amides is 2. The van der Waals surface area contributed by atoms with Crippen molar-refractivity contribution < 1.29 is 9.59 Å². The SMILES string of the molecule is NC1CCC(C(=O)N2CCN(CC(=O)N3CCc4ccccc43)CC2)C1. The fourth-order valence-corrected chi connectivity index (χ4v) is 4.50. The first kappa shape index (κ1) is 17.5. The molecule has 26 heavy (non-hydrogen) atoms. The smallest absolute Gasteiger partial charge is 0.241 e. The predicted octanol–water partition coefficient (Wildman–Crippen LogP) is 0.847. The molecule has 1 saturated heterocycles. The number of fused-ring (bicyclic) bond motifs is 1. The summed E-state index contributed by atoms with van der Waals surface area (Å²) in [4.78, 5) is 31.4. The molecule has 0 bridgehead atoms. The summed E-state index contributed by atoms with van der Waals surface area (Å²) in [5.74, 6) is 0.535. The highest BCUT2D eigenvalue weighted by Crippen LogP contribution is 2.28. The zero-order valence-electron chi connectivity index (χ0n) is 15.3. The van der Waals surface area contributed by atoms with Crippen LogP contribution in [0.15, 0.2) is 24.3 Å². The summed E-state index contributed by atoms with van der Waals surface area (Å²) in [6.07, 6.45) is 3.65. The van der Waals surface area contributed by atoms with E-state index in [0.717, 1.165) is 51.0 Å². The zero-order chi connectivity index (χ0) is 18.1. The Morgan fingerprint density at radius 2 is 1.81 bits per heavy atom. The molecule has 1 aromatic rings. The average Bonchev–Trinajstić information content (AvgIpc) is 3.28. The van der Waals surface area contributed by atoms with E-state index >= 15 is 0 Å². The first-order valence-corrected chi connectivity index (χ1v) is 9.77. The van der Waals surface area contributed by atoms with Gasteiger partial charge in [-0.1, -0.05) is 18.2 Å². The minimum atomic E-state index is 0.110. The Morgan fingerprint density at radius 3 is 2.54 bits per heavy atom. The summed E-state index contributed by atoms with van der Waals surface area (Å²) >= 11 is 0. The lowest BCUT2D eigenvalue weighted by molar-refractivity contribution is -0.137. The van der Waals surface area contributed by atoms with Crippen LogP contribution < -0.4 is 10.6 Å². The highest BCUT2D eigenvalue weighted by Gasteiger charge is 2.33. The number of carbonyl (C=O) groups excluding carboxylic acids is 2. The molecule has 2 unspecified atom stereocenters. The summed E-state index contributed by atoms with van der Waals surface area (Å²) in [7, 11) is 0. The van der Waals surface area contributed by atoms with Gasteiger partial charge in [-0.05, 0) is 37.3 Å². The van der Waals surface area contributed by atoms with E-state index in [1.165, 1.54) is 5.56 Å². The van der Waals surface area contributed by atoms with Crippen LogP contribution in [0.25, 0.3) is 0 Å². The Morgan fingerprint density at radius 1 is 1.04 bits per heavy atom. The lowest BCUT2D eigenvalue weighted by Crippen LogP contribution is -2.52. The third-order valence-corrected chi connectivity index (χ3v) is 6.05. The molecule has 2 N–H and O–H groups in total. The maximum atomic E-state index is 12.7. The molecule has 2 atom stereocenters. The molecule has 2 fully saturated rings. The molecule has 2 heterocycles. The summed E-state index contributed by atoms with van der Waals surface area (Å²) in [6, 6.07) is 8.33.